The van der Waals surface area contributed by atoms with Crippen LogP contribution < -0.4 is 4.89 Å². The van der Waals surface area contributed by atoms with E-state index in [2.05, 4.69) is 74.6 Å². The van der Waals surface area contributed by atoms with Crippen molar-refractivity contribution in [2.24, 2.45) is 0 Å². The lowest BCUT2D eigenvalue weighted by molar-refractivity contribution is -0.870. The van der Waals surface area contributed by atoms with Gasteiger partial charge in [-0.25, -0.2) is 0 Å². The van der Waals surface area contributed by atoms with E-state index in [-0.39, 0.29) is 26.1 Å². The maximum Gasteiger partial charge on any atom is 0.306 e. The lowest BCUT2D eigenvalue weighted by atomic mass is 10.0. The topological polar surface area (TPSA) is 111 Å². The number of nitrogens with zero attached hydrogens (tertiary/aromatic N) is 1. The highest BCUT2D eigenvalue weighted by atomic mass is 31.2. The summed E-state index contributed by atoms with van der Waals surface area (Å²) < 4.78 is 34.0. The molecule has 0 saturated heterocycles. The number of quaternary nitrogens is 1. The number of phosphoric ester groups is 1. The Kier molecular flexibility index (Phi) is 44.2. The molecule has 0 aromatic carbocycles. The molecule has 372 valence electrons. The van der Waals surface area contributed by atoms with Gasteiger partial charge in [0.25, 0.3) is 7.82 Å². The molecule has 0 aromatic rings. The van der Waals surface area contributed by atoms with Gasteiger partial charge in [0.2, 0.25) is 0 Å². The van der Waals surface area contributed by atoms with Crippen molar-refractivity contribution < 1.29 is 42.1 Å². The first kappa shape index (κ1) is 61.7. The van der Waals surface area contributed by atoms with Crippen molar-refractivity contribution in [3.63, 3.8) is 0 Å². The number of ether oxygens (including phenoxy) is 2. The van der Waals surface area contributed by atoms with Crippen LogP contribution in [-0.2, 0) is 32.7 Å². The molecule has 0 rings (SSSR count). The number of allylic oxidation sites excluding steroid dienone is 10. The number of rotatable bonds is 47. The third-order valence-corrected chi connectivity index (χ3v) is 12.0. The van der Waals surface area contributed by atoms with Crippen LogP contribution in [0.1, 0.15) is 219 Å². The molecule has 0 radical (unpaired) electrons. The van der Waals surface area contributed by atoms with Crippen LogP contribution in [0.3, 0.4) is 0 Å². The summed E-state index contributed by atoms with van der Waals surface area (Å²) in [6, 6.07) is 0. The third-order valence-electron chi connectivity index (χ3n) is 11.0. The number of unbranched alkanes of at least 4 members (excludes halogenated alkanes) is 23. The Morgan fingerprint density at radius 1 is 0.500 bits per heavy atom. The van der Waals surface area contributed by atoms with Gasteiger partial charge in [-0.3, -0.25) is 14.2 Å². The van der Waals surface area contributed by atoms with E-state index in [1.54, 1.807) is 0 Å². The average molecular weight is 920 g/mol. The van der Waals surface area contributed by atoms with Crippen LogP contribution in [0.2, 0.25) is 0 Å². The second-order valence-electron chi connectivity index (χ2n) is 18.5. The minimum absolute atomic E-state index is 0.0332. The zero-order valence-corrected chi connectivity index (χ0v) is 42.9. The number of carbonyl (C=O) groups is 2. The predicted molar refractivity (Wildman–Crippen MR) is 268 cm³/mol. The molecule has 0 spiro atoms. The van der Waals surface area contributed by atoms with Crippen LogP contribution in [0.5, 0.6) is 0 Å². The zero-order chi connectivity index (χ0) is 47.1. The third kappa shape index (κ3) is 49.2. The van der Waals surface area contributed by atoms with Crippen LogP contribution in [0.15, 0.2) is 60.8 Å². The zero-order valence-electron chi connectivity index (χ0n) is 42.0. The van der Waals surface area contributed by atoms with Crippen molar-refractivity contribution in [1.82, 2.24) is 0 Å². The molecule has 9 nitrogen and oxygen atoms in total. The van der Waals surface area contributed by atoms with E-state index in [0.29, 0.717) is 17.4 Å². The molecule has 2 unspecified atom stereocenters. The number of esters is 2. The summed E-state index contributed by atoms with van der Waals surface area (Å²) in [5, 5.41) is 0. The first-order chi connectivity index (χ1) is 31.0. The molecule has 0 fully saturated rings. The maximum atomic E-state index is 12.7. The maximum absolute atomic E-state index is 12.7. The first-order valence-corrected chi connectivity index (χ1v) is 27.5. The molecule has 0 aliphatic heterocycles. The van der Waals surface area contributed by atoms with Gasteiger partial charge in [-0.05, 0) is 77.0 Å². The Labute approximate surface area is 394 Å². The molecule has 2 atom stereocenters. The highest BCUT2D eigenvalue weighted by Gasteiger charge is 2.21. The summed E-state index contributed by atoms with van der Waals surface area (Å²) in [5.41, 5.74) is 0. The highest BCUT2D eigenvalue weighted by Crippen LogP contribution is 2.38. The minimum atomic E-state index is -4.63. The summed E-state index contributed by atoms with van der Waals surface area (Å²) >= 11 is 0. The fourth-order valence-electron chi connectivity index (χ4n) is 6.99. The average Bonchev–Trinajstić information content (AvgIpc) is 3.25. The van der Waals surface area contributed by atoms with Crippen LogP contribution in [-0.4, -0.2) is 70.0 Å². The number of hydrogen-bond donors (Lipinski definition) is 0. The van der Waals surface area contributed by atoms with Crippen LogP contribution in [0, 0.1) is 0 Å². The number of likely N-dealkylation sites (N-methyl/N-ethyl adjacent to an activating group) is 1. The fourth-order valence-corrected chi connectivity index (χ4v) is 7.72. The van der Waals surface area contributed by atoms with Gasteiger partial charge < -0.3 is 27.9 Å². The molecule has 0 amide bonds. The molecule has 0 saturated carbocycles. The summed E-state index contributed by atoms with van der Waals surface area (Å²) in [6.07, 6.45) is 56.9. The molecule has 10 heteroatoms. The van der Waals surface area contributed by atoms with Crippen molar-refractivity contribution in [2.75, 3.05) is 47.5 Å². The van der Waals surface area contributed by atoms with Gasteiger partial charge in [0.1, 0.15) is 19.8 Å². The van der Waals surface area contributed by atoms with E-state index in [1.807, 2.05) is 21.1 Å². The largest absolute Gasteiger partial charge is 0.756 e. The SMILES string of the molecule is CC/C=C\C/C=C\C/C=C\C/C=C\CCCCCCCCCCCCCCCCC(=O)OC(COC(=O)CCCCCCC/C=C\CCCCCC)COP(=O)([O-])OCC[N+](C)(C)C. The predicted octanol–water partition coefficient (Wildman–Crippen LogP) is 15.0. The molecule has 0 aliphatic rings. The Morgan fingerprint density at radius 3 is 1.34 bits per heavy atom. The fraction of sp³-hybridized carbons (Fsp3) is 0.778. The molecule has 0 N–H and O–H groups in total. The van der Waals surface area contributed by atoms with Crippen LogP contribution in [0.4, 0.5) is 0 Å². The van der Waals surface area contributed by atoms with E-state index >= 15 is 0 Å². The van der Waals surface area contributed by atoms with Gasteiger partial charge in [-0.1, -0.05) is 190 Å². The van der Waals surface area contributed by atoms with Crippen molar-refractivity contribution in [3.05, 3.63) is 60.8 Å². The van der Waals surface area contributed by atoms with Gasteiger partial charge in [-0.2, -0.15) is 0 Å². The molecule has 0 aliphatic carbocycles. The first-order valence-electron chi connectivity index (χ1n) is 26.0. The van der Waals surface area contributed by atoms with Gasteiger partial charge >= 0.3 is 11.9 Å². The quantitative estimate of drug-likeness (QED) is 0.0195. The van der Waals surface area contributed by atoms with Crippen molar-refractivity contribution in [2.45, 2.75) is 225 Å². The molecular weight excluding hydrogens is 822 g/mol. The van der Waals surface area contributed by atoms with Gasteiger partial charge in [-0.15, -0.1) is 0 Å². The highest BCUT2D eigenvalue weighted by molar-refractivity contribution is 7.45. The summed E-state index contributed by atoms with van der Waals surface area (Å²) in [4.78, 5) is 37.7. The lowest BCUT2D eigenvalue weighted by Crippen LogP contribution is -2.37. The van der Waals surface area contributed by atoms with E-state index in [0.717, 1.165) is 83.5 Å². The van der Waals surface area contributed by atoms with E-state index in [1.165, 1.54) is 103 Å². The van der Waals surface area contributed by atoms with Gasteiger partial charge in [0.15, 0.2) is 6.10 Å². The van der Waals surface area contributed by atoms with Crippen LogP contribution in [0.25, 0.3) is 0 Å². The van der Waals surface area contributed by atoms with Crippen molar-refractivity contribution >= 4 is 19.8 Å². The molecule has 64 heavy (non-hydrogen) atoms. The summed E-state index contributed by atoms with van der Waals surface area (Å²) in [5.74, 6) is -0.843. The van der Waals surface area contributed by atoms with Crippen molar-refractivity contribution in [1.29, 1.82) is 0 Å². The monoisotopic (exact) mass is 920 g/mol. The summed E-state index contributed by atoms with van der Waals surface area (Å²) in [6.45, 7) is 4.10. The van der Waals surface area contributed by atoms with E-state index < -0.39 is 32.5 Å². The minimum Gasteiger partial charge on any atom is -0.756 e. The lowest BCUT2D eigenvalue weighted by Gasteiger charge is -2.28. The van der Waals surface area contributed by atoms with Crippen LogP contribution >= 0.6 is 7.82 Å². The summed E-state index contributed by atoms with van der Waals surface area (Å²) in [7, 11) is 1.16. The standard InChI is InChI=1S/C54H98NO8P/c1-6-8-10-12-14-16-18-20-21-22-23-24-25-26-27-28-29-30-31-32-33-35-37-39-41-43-45-47-54(57)63-52(51-62-64(58,59)61-49-48-55(3,4)5)50-60-53(56)46-44-42-40-38-36-34-19-17-15-13-11-9-7-2/h8,10,14,16-17,19-21,23-24,52H,6-7,9,11-13,15,18,22,25-51H2,1-5H3/b10-8-,16-14-,19-17-,21-20-,24-23-. The normalized spacial score (nSPS) is 13.9. The molecule has 0 heterocycles. The van der Waals surface area contributed by atoms with E-state index in [4.69, 9.17) is 18.5 Å². The molecule has 0 bridgehead atoms. The van der Waals surface area contributed by atoms with Crippen molar-refractivity contribution in [3.8, 4) is 0 Å². The Morgan fingerprint density at radius 2 is 0.891 bits per heavy atom. The second-order valence-corrected chi connectivity index (χ2v) is 19.9. The Bertz CT molecular complexity index is 1270. The number of phosphoric acid groups is 1. The molecule has 0 aromatic heterocycles. The number of hydrogen-bond acceptors (Lipinski definition) is 8. The Hall–Kier alpha value is -2.29. The van der Waals surface area contributed by atoms with Gasteiger partial charge in [0, 0.05) is 12.8 Å². The number of carbonyl (C=O) groups excluding carboxylic acids is 2. The smallest absolute Gasteiger partial charge is 0.306 e. The van der Waals surface area contributed by atoms with Gasteiger partial charge in [0.05, 0.1) is 27.7 Å². The Balaban J connectivity index is 4.16. The molecular formula is C54H98NO8P. The second kappa shape index (κ2) is 45.8. The van der Waals surface area contributed by atoms with E-state index in [9.17, 15) is 19.0 Å².